The van der Waals surface area contributed by atoms with E-state index in [4.69, 9.17) is 25.5 Å². The van der Waals surface area contributed by atoms with Crippen LogP contribution in [0, 0.1) is 0 Å². The summed E-state index contributed by atoms with van der Waals surface area (Å²) in [6, 6.07) is 13.1. The van der Waals surface area contributed by atoms with Gasteiger partial charge >= 0.3 is 11.6 Å². The van der Waals surface area contributed by atoms with Crippen molar-refractivity contribution in [1.82, 2.24) is 5.32 Å². The maximum absolute atomic E-state index is 12.4. The van der Waals surface area contributed by atoms with E-state index in [0.717, 1.165) is 12.8 Å². The molecule has 0 saturated carbocycles. The molecule has 1 N–H and O–H groups in total. The van der Waals surface area contributed by atoms with E-state index in [0.29, 0.717) is 29.1 Å². The molecule has 1 atom stereocenters. The SMILES string of the molecule is O=C(/C=C/c1ccccc1Cl)Oc1ccc2cc(C(=O)NCC3CCCO3)c(=O)oc2c1. The number of fused-ring (bicyclic) bond motifs is 1. The summed E-state index contributed by atoms with van der Waals surface area (Å²) in [5.74, 6) is -0.932. The third-order valence-corrected chi connectivity index (χ3v) is 5.33. The molecule has 1 unspecified atom stereocenters. The second kappa shape index (κ2) is 9.80. The van der Waals surface area contributed by atoms with Gasteiger partial charge in [0, 0.05) is 35.7 Å². The summed E-state index contributed by atoms with van der Waals surface area (Å²) < 4.78 is 16.0. The fourth-order valence-corrected chi connectivity index (χ4v) is 3.54. The van der Waals surface area contributed by atoms with Crippen molar-refractivity contribution in [2.45, 2.75) is 18.9 Å². The van der Waals surface area contributed by atoms with Gasteiger partial charge in [-0.15, -0.1) is 0 Å². The number of esters is 1. The van der Waals surface area contributed by atoms with Crippen molar-refractivity contribution in [3.63, 3.8) is 0 Å². The van der Waals surface area contributed by atoms with E-state index in [1.54, 1.807) is 42.5 Å². The Hall–Kier alpha value is -3.42. The highest BCUT2D eigenvalue weighted by molar-refractivity contribution is 6.32. The number of carbonyl (C=O) groups is 2. The maximum Gasteiger partial charge on any atom is 0.349 e. The van der Waals surface area contributed by atoms with E-state index in [9.17, 15) is 14.4 Å². The lowest BCUT2D eigenvalue weighted by Gasteiger charge is -2.10. The number of nitrogens with one attached hydrogen (secondary N) is 1. The van der Waals surface area contributed by atoms with Crippen LogP contribution in [0.25, 0.3) is 17.0 Å². The third kappa shape index (κ3) is 5.25. The molecule has 2 aromatic carbocycles. The molecular formula is C24H20ClNO6. The Morgan fingerprint density at radius 3 is 2.81 bits per heavy atom. The normalized spacial score (nSPS) is 15.8. The quantitative estimate of drug-likeness (QED) is 0.262. The standard InChI is InChI=1S/C24H20ClNO6/c25-20-6-2-1-4-15(20)8-10-22(27)31-17-9-7-16-12-19(24(29)32-21(16)13-17)23(28)26-14-18-5-3-11-30-18/h1-2,4,6-10,12-13,18H,3,5,11,14H2,(H,26,28)/b10-8+. The summed E-state index contributed by atoms with van der Waals surface area (Å²) in [5, 5.41) is 3.74. The average Bonchev–Trinajstić information content (AvgIpc) is 3.30. The van der Waals surface area contributed by atoms with Crippen LogP contribution in [0.3, 0.4) is 0 Å². The van der Waals surface area contributed by atoms with Crippen LogP contribution in [0.4, 0.5) is 0 Å². The first-order chi connectivity index (χ1) is 15.5. The van der Waals surface area contributed by atoms with Gasteiger partial charge in [-0.05, 0) is 48.7 Å². The number of amides is 1. The molecule has 1 amide bonds. The lowest BCUT2D eigenvalue weighted by Crippen LogP contribution is -2.34. The smallest absolute Gasteiger partial charge is 0.349 e. The lowest BCUT2D eigenvalue weighted by atomic mass is 10.1. The van der Waals surface area contributed by atoms with Gasteiger partial charge in [-0.25, -0.2) is 9.59 Å². The molecule has 0 spiro atoms. The van der Waals surface area contributed by atoms with Crippen LogP contribution >= 0.6 is 11.6 Å². The molecule has 8 heteroatoms. The number of hydrogen-bond acceptors (Lipinski definition) is 6. The minimum atomic E-state index is -0.774. The van der Waals surface area contributed by atoms with Gasteiger partial charge in [0.15, 0.2) is 0 Å². The highest BCUT2D eigenvalue weighted by Crippen LogP contribution is 2.21. The predicted molar refractivity (Wildman–Crippen MR) is 120 cm³/mol. The molecule has 2 heterocycles. The molecule has 1 aromatic heterocycles. The monoisotopic (exact) mass is 453 g/mol. The first-order valence-electron chi connectivity index (χ1n) is 10.1. The van der Waals surface area contributed by atoms with E-state index in [-0.39, 0.29) is 23.0 Å². The summed E-state index contributed by atoms with van der Waals surface area (Å²) >= 11 is 6.06. The van der Waals surface area contributed by atoms with Crippen molar-refractivity contribution in [2.75, 3.05) is 13.2 Å². The summed E-state index contributed by atoms with van der Waals surface area (Å²) in [7, 11) is 0. The lowest BCUT2D eigenvalue weighted by molar-refractivity contribution is -0.128. The molecular weight excluding hydrogens is 434 g/mol. The van der Waals surface area contributed by atoms with E-state index < -0.39 is 17.5 Å². The maximum atomic E-state index is 12.4. The number of hydrogen-bond donors (Lipinski definition) is 1. The molecule has 1 aliphatic heterocycles. The van der Waals surface area contributed by atoms with Gasteiger partial charge in [-0.2, -0.15) is 0 Å². The van der Waals surface area contributed by atoms with E-state index >= 15 is 0 Å². The number of benzene rings is 2. The molecule has 1 fully saturated rings. The number of ether oxygens (including phenoxy) is 2. The van der Waals surface area contributed by atoms with Crippen LogP contribution < -0.4 is 15.7 Å². The molecule has 0 aliphatic carbocycles. The predicted octanol–water partition coefficient (Wildman–Crippen LogP) is 3.97. The molecule has 3 aromatic rings. The van der Waals surface area contributed by atoms with Crippen LogP contribution in [0.2, 0.25) is 5.02 Å². The van der Waals surface area contributed by atoms with Gasteiger partial charge in [-0.3, -0.25) is 4.79 Å². The second-order valence-electron chi connectivity index (χ2n) is 7.27. The van der Waals surface area contributed by atoms with Crippen LogP contribution in [-0.4, -0.2) is 31.1 Å². The number of halogens is 1. The molecule has 0 radical (unpaired) electrons. The Bertz CT molecular complexity index is 1240. The van der Waals surface area contributed by atoms with E-state index in [2.05, 4.69) is 5.32 Å². The van der Waals surface area contributed by atoms with Gasteiger partial charge in [0.2, 0.25) is 0 Å². The minimum absolute atomic E-state index is 0.0318. The summed E-state index contributed by atoms with van der Waals surface area (Å²) in [5.41, 5.74) is 0.0133. The molecule has 4 rings (SSSR count). The topological polar surface area (TPSA) is 94.8 Å². The summed E-state index contributed by atoms with van der Waals surface area (Å²) in [6.45, 7) is 1.02. The second-order valence-corrected chi connectivity index (χ2v) is 7.68. The van der Waals surface area contributed by atoms with Crippen molar-refractivity contribution in [1.29, 1.82) is 0 Å². The molecule has 164 valence electrons. The molecule has 1 aliphatic rings. The summed E-state index contributed by atoms with van der Waals surface area (Å²) in [4.78, 5) is 36.8. The molecule has 0 bridgehead atoms. The number of carbonyl (C=O) groups excluding carboxylic acids is 2. The molecule has 32 heavy (non-hydrogen) atoms. The minimum Gasteiger partial charge on any atom is -0.423 e. The van der Waals surface area contributed by atoms with Gasteiger partial charge in [0.1, 0.15) is 16.9 Å². The molecule has 7 nitrogen and oxygen atoms in total. The zero-order valence-corrected chi connectivity index (χ0v) is 17.8. The zero-order chi connectivity index (χ0) is 22.5. The zero-order valence-electron chi connectivity index (χ0n) is 17.0. The van der Waals surface area contributed by atoms with Crippen molar-refractivity contribution in [3.05, 3.63) is 81.2 Å². The Morgan fingerprint density at radius 2 is 2.03 bits per heavy atom. The largest absolute Gasteiger partial charge is 0.423 e. The van der Waals surface area contributed by atoms with Crippen molar-refractivity contribution in [2.24, 2.45) is 0 Å². The van der Waals surface area contributed by atoms with Gasteiger partial charge in [0.25, 0.3) is 5.91 Å². The fourth-order valence-electron chi connectivity index (χ4n) is 3.34. The van der Waals surface area contributed by atoms with Crippen molar-refractivity contribution < 1.29 is 23.5 Å². The van der Waals surface area contributed by atoms with Crippen LogP contribution in [0.15, 0.2) is 63.8 Å². The van der Waals surface area contributed by atoms with E-state index in [1.807, 2.05) is 0 Å². The van der Waals surface area contributed by atoms with E-state index in [1.165, 1.54) is 18.2 Å². The van der Waals surface area contributed by atoms with Gasteiger partial charge < -0.3 is 19.2 Å². The third-order valence-electron chi connectivity index (χ3n) is 4.99. The average molecular weight is 454 g/mol. The molecule has 1 saturated heterocycles. The first-order valence-corrected chi connectivity index (χ1v) is 10.5. The Kier molecular flexibility index (Phi) is 6.68. The Morgan fingerprint density at radius 1 is 1.19 bits per heavy atom. The number of rotatable bonds is 6. The highest BCUT2D eigenvalue weighted by atomic mass is 35.5. The van der Waals surface area contributed by atoms with Crippen LogP contribution in [-0.2, 0) is 9.53 Å². The fraction of sp³-hybridized carbons (Fsp3) is 0.208. The van der Waals surface area contributed by atoms with Crippen LogP contribution in [0.1, 0.15) is 28.8 Å². The Labute approximate surface area is 188 Å². The Balaban J connectivity index is 1.45. The summed E-state index contributed by atoms with van der Waals surface area (Å²) in [6.07, 6.45) is 4.61. The van der Waals surface area contributed by atoms with Gasteiger partial charge in [-0.1, -0.05) is 29.8 Å². The van der Waals surface area contributed by atoms with Crippen molar-refractivity contribution in [3.8, 4) is 5.75 Å². The van der Waals surface area contributed by atoms with Crippen LogP contribution in [0.5, 0.6) is 5.75 Å². The van der Waals surface area contributed by atoms with Gasteiger partial charge in [0.05, 0.1) is 6.10 Å². The first kappa shape index (κ1) is 21.8. The highest BCUT2D eigenvalue weighted by Gasteiger charge is 2.19. The van der Waals surface area contributed by atoms with Crippen molar-refractivity contribution >= 4 is 40.5 Å².